The number of aromatic amines is 1. The van der Waals surface area contributed by atoms with Crippen molar-refractivity contribution in [2.24, 2.45) is 0 Å². The standard InChI is InChI=1S/C23H21ClN6O4/c1-13(27-22-26-8-6-20(29-22)30-23(32)33-2)16-9-14-10-17(24)19(11-18(14)28-21(16)31)34-12-15-5-3-4-7-25-15/h3-11,13H,12H2,1-2H3,(H,28,31)(H2,26,27,29,30,32). The van der Waals surface area contributed by atoms with Gasteiger partial charge in [0.25, 0.3) is 5.56 Å². The molecular formula is C23H21ClN6O4. The highest BCUT2D eigenvalue weighted by Gasteiger charge is 2.15. The number of ether oxygens (including phenoxy) is 2. The lowest BCUT2D eigenvalue weighted by Gasteiger charge is -2.15. The summed E-state index contributed by atoms with van der Waals surface area (Å²) in [6.07, 6.45) is 2.51. The number of nitrogens with zero attached hydrogens (tertiary/aromatic N) is 3. The van der Waals surface area contributed by atoms with Gasteiger partial charge in [-0.3, -0.25) is 15.1 Å². The Kier molecular flexibility index (Phi) is 6.88. The number of anilines is 2. The Balaban J connectivity index is 1.54. The second-order valence-electron chi connectivity index (χ2n) is 7.28. The Labute approximate surface area is 199 Å². The lowest BCUT2D eigenvalue weighted by Crippen LogP contribution is -2.20. The van der Waals surface area contributed by atoms with Crippen molar-refractivity contribution < 1.29 is 14.3 Å². The number of H-pyrrole nitrogens is 1. The van der Waals surface area contributed by atoms with E-state index in [0.29, 0.717) is 21.9 Å². The van der Waals surface area contributed by atoms with E-state index >= 15 is 0 Å². The zero-order valence-electron chi connectivity index (χ0n) is 18.3. The van der Waals surface area contributed by atoms with Crippen LogP contribution in [-0.4, -0.2) is 33.1 Å². The molecule has 1 unspecified atom stereocenters. The largest absolute Gasteiger partial charge is 0.486 e. The predicted molar refractivity (Wildman–Crippen MR) is 128 cm³/mol. The fourth-order valence-corrected chi connectivity index (χ4v) is 3.44. The third kappa shape index (κ3) is 5.41. The van der Waals surface area contributed by atoms with Crippen LogP contribution in [0.4, 0.5) is 16.6 Å². The van der Waals surface area contributed by atoms with Crippen LogP contribution >= 0.6 is 11.6 Å². The summed E-state index contributed by atoms with van der Waals surface area (Å²) < 4.78 is 10.3. The van der Waals surface area contributed by atoms with E-state index in [1.165, 1.54) is 19.4 Å². The molecule has 10 nitrogen and oxygen atoms in total. The number of halogens is 1. The molecule has 1 atom stereocenters. The zero-order valence-corrected chi connectivity index (χ0v) is 19.1. The molecule has 0 radical (unpaired) electrons. The number of carbonyl (C=O) groups excluding carboxylic acids is 1. The van der Waals surface area contributed by atoms with Gasteiger partial charge in [-0.1, -0.05) is 17.7 Å². The summed E-state index contributed by atoms with van der Waals surface area (Å²) in [7, 11) is 1.26. The second kappa shape index (κ2) is 10.2. The van der Waals surface area contributed by atoms with Gasteiger partial charge in [0.15, 0.2) is 0 Å². The first-order chi connectivity index (χ1) is 16.4. The molecule has 0 saturated heterocycles. The molecule has 11 heteroatoms. The first-order valence-electron chi connectivity index (χ1n) is 10.3. The van der Waals surface area contributed by atoms with Gasteiger partial charge < -0.3 is 19.8 Å². The molecule has 174 valence electrons. The highest BCUT2D eigenvalue weighted by atomic mass is 35.5. The Morgan fingerprint density at radius 1 is 1.18 bits per heavy atom. The van der Waals surface area contributed by atoms with Gasteiger partial charge in [-0.15, -0.1) is 0 Å². The maximum atomic E-state index is 12.8. The minimum atomic E-state index is -0.649. The van der Waals surface area contributed by atoms with E-state index in [-0.39, 0.29) is 23.9 Å². The average Bonchev–Trinajstić information content (AvgIpc) is 2.83. The van der Waals surface area contributed by atoms with E-state index < -0.39 is 12.1 Å². The maximum absolute atomic E-state index is 12.8. The molecule has 0 aliphatic rings. The third-order valence-electron chi connectivity index (χ3n) is 4.91. The summed E-state index contributed by atoms with van der Waals surface area (Å²) in [4.78, 5) is 39.6. The summed E-state index contributed by atoms with van der Waals surface area (Å²) in [5.74, 6) is 0.934. The molecule has 0 aliphatic carbocycles. The third-order valence-corrected chi connectivity index (χ3v) is 5.21. The highest BCUT2D eigenvalue weighted by molar-refractivity contribution is 6.32. The summed E-state index contributed by atoms with van der Waals surface area (Å²) in [6.45, 7) is 2.05. The fraction of sp³-hybridized carbons (Fsp3) is 0.174. The number of fused-ring (bicyclic) bond motifs is 1. The van der Waals surface area contributed by atoms with Crippen molar-refractivity contribution in [3.63, 3.8) is 0 Å². The fourth-order valence-electron chi connectivity index (χ4n) is 3.22. The Morgan fingerprint density at radius 2 is 2.03 bits per heavy atom. The second-order valence-corrected chi connectivity index (χ2v) is 7.69. The molecule has 34 heavy (non-hydrogen) atoms. The monoisotopic (exact) mass is 480 g/mol. The Morgan fingerprint density at radius 3 is 2.79 bits per heavy atom. The predicted octanol–water partition coefficient (Wildman–Crippen LogP) is 4.30. The van der Waals surface area contributed by atoms with Gasteiger partial charge in [0.1, 0.15) is 18.2 Å². The number of carbonyl (C=O) groups is 1. The minimum absolute atomic E-state index is 0.234. The number of hydrogen-bond donors (Lipinski definition) is 3. The number of benzene rings is 1. The average molecular weight is 481 g/mol. The van der Waals surface area contributed by atoms with E-state index in [0.717, 1.165) is 11.1 Å². The van der Waals surface area contributed by atoms with Gasteiger partial charge in [0.2, 0.25) is 5.95 Å². The van der Waals surface area contributed by atoms with E-state index in [1.807, 2.05) is 18.2 Å². The number of hydrogen-bond acceptors (Lipinski definition) is 8. The van der Waals surface area contributed by atoms with Crippen molar-refractivity contribution in [3.8, 4) is 5.75 Å². The molecule has 4 aromatic rings. The van der Waals surface area contributed by atoms with Crippen LogP contribution in [0.5, 0.6) is 5.75 Å². The van der Waals surface area contributed by atoms with E-state index in [2.05, 4.69) is 35.3 Å². The molecule has 0 spiro atoms. The van der Waals surface area contributed by atoms with Crippen LogP contribution in [0, 0.1) is 0 Å². The Hall–Kier alpha value is -4.18. The SMILES string of the molecule is COC(=O)Nc1ccnc(NC(C)c2cc3cc(Cl)c(OCc4ccccn4)cc3[nH]c2=O)n1. The van der Waals surface area contributed by atoms with Crippen molar-refractivity contribution in [1.82, 2.24) is 19.9 Å². The van der Waals surface area contributed by atoms with Crippen molar-refractivity contribution in [2.45, 2.75) is 19.6 Å². The molecule has 1 aromatic carbocycles. The molecule has 0 saturated carbocycles. The van der Waals surface area contributed by atoms with Crippen molar-refractivity contribution in [2.75, 3.05) is 17.7 Å². The van der Waals surface area contributed by atoms with E-state index in [4.69, 9.17) is 16.3 Å². The number of pyridine rings is 2. The van der Waals surface area contributed by atoms with Gasteiger partial charge in [0, 0.05) is 29.4 Å². The Bertz CT molecular complexity index is 1380. The summed E-state index contributed by atoms with van der Waals surface area (Å²) >= 11 is 6.42. The van der Waals surface area contributed by atoms with Crippen molar-refractivity contribution >= 4 is 40.4 Å². The van der Waals surface area contributed by atoms with Crippen LogP contribution < -0.4 is 20.9 Å². The molecule has 0 bridgehead atoms. The van der Waals surface area contributed by atoms with Gasteiger partial charge in [-0.2, -0.15) is 4.98 Å². The molecule has 3 N–H and O–H groups in total. The van der Waals surface area contributed by atoms with Crippen LogP contribution in [-0.2, 0) is 11.3 Å². The van der Waals surface area contributed by atoms with Crippen LogP contribution in [0.1, 0.15) is 24.2 Å². The number of aromatic nitrogens is 4. The van der Waals surface area contributed by atoms with Crippen LogP contribution in [0.3, 0.4) is 0 Å². The summed E-state index contributed by atoms with van der Waals surface area (Å²) in [5, 5.41) is 6.67. The molecular weight excluding hydrogens is 460 g/mol. The molecule has 3 aromatic heterocycles. The van der Waals surface area contributed by atoms with Crippen LogP contribution in [0.25, 0.3) is 10.9 Å². The van der Waals surface area contributed by atoms with Crippen molar-refractivity contribution in [1.29, 1.82) is 0 Å². The van der Waals surface area contributed by atoms with Crippen molar-refractivity contribution in [3.05, 3.63) is 81.5 Å². The summed E-state index contributed by atoms with van der Waals surface area (Å²) in [6, 6.07) is 11.8. The highest BCUT2D eigenvalue weighted by Crippen LogP contribution is 2.30. The molecule has 4 rings (SSSR count). The zero-order chi connectivity index (χ0) is 24.1. The maximum Gasteiger partial charge on any atom is 0.412 e. The van der Waals surface area contributed by atoms with Gasteiger partial charge >= 0.3 is 6.09 Å². The lowest BCUT2D eigenvalue weighted by molar-refractivity contribution is 0.187. The number of amides is 1. The minimum Gasteiger partial charge on any atom is -0.486 e. The first-order valence-corrected chi connectivity index (χ1v) is 10.6. The first kappa shape index (κ1) is 23.0. The van der Waals surface area contributed by atoms with Gasteiger partial charge in [-0.05, 0) is 37.3 Å². The van der Waals surface area contributed by atoms with Crippen LogP contribution in [0.15, 0.2) is 59.7 Å². The molecule has 3 heterocycles. The van der Waals surface area contributed by atoms with E-state index in [1.54, 1.807) is 31.3 Å². The number of nitrogens with one attached hydrogen (secondary N) is 3. The van der Waals surface area contributed by atoms with Gasteiger partial charge in [0.05, 0.1) is 29.4 Å². The molecule has 0 aliphatic heterocycles. The number of methoxy groups -OCH3 is 1. The van der Waals surface area contributed by atoms with Gasteiger partial charge in [-0.25, -0.2) is 9.78 Å². The number of rotatable bonds is 7. The molecule has 1 amide bonds. The topological polar surface area (TPSA) is 131 Å². The quantitative estimate of drug-likeness (QED) is 0.357. The normalized spacial score (nSPS) is 11.6. The smallest absolute Gasteiger partial charge is 0.412 e. The molecule has 0 fully saturated rings. The van der Waals surface area contributed by atoms with E-state index in [9.17, 15) is 9.59 Å². The lowest BCUT2D eigenvalue weighted by atomic mass is 10.1. The van der Waals surface area contributed by atoms with Crippen LogP contribution in [0.2, 0.25) is 5.02 Å². The summed E-state index contributed by atoms with van der Waals surface area (Å²) in [5.41, 5.74) is 1.52.